The number of hydrogen-bond acceptors (Lipinski definition) is 39. The van der Waals surface area contributed by atoms with E-state index in [4.69, 9.17) is 75.8 Å². The Hall–Kier alpha value is -2.54. The lowest BCUT2D eigenvalue weighted by Crippen LogP contribution is -2.70. The van der Waals surface area contributed by atoms with Crippen LogP contribution in [0.25, 0.3) is 0 Å². The molecule has 39 atom stereocenters. The third kappa shape index (κ3) is 16.4. The number of aliphatic hydroxyl groups is 21. The van der Waals surface area contributed by atoms with Crippen molar-refractivity contribution in [3.63, 3.8) is 0 Å². The summed E-state index contributed by atoms with van der Waals surface area (Å²) in [4.78, 5) is 25.7. The van der Waals surface area contributed by atoms with Crippen molar-refractivity contribution in [2.45, 2.75) is 260 Å². The zero-order valence-corrected chi connectivity index (χ0v) is 50.2. The van der Waals surface area contributed by atoms with Crippen LogP contribution in [-0.4, -0.2) is 412 Å². The second-order valence-corrected chi connectivity index (χ2v) is 23.6. The van der Waals surface area contributed by atoms with Crippen LogP contribution in [0, 0.1) is 0 Å². The van der Waals surface area contributed by atoms with Crippen molar-refractivity contribution < 1.29 is 193 Å². The van der Waals surface area contributed by atoms with Crippen LogP contribution in [0.3, 0.4) is 0 Å². The molecule has 0 bridgehead atoms. The molecule has 8 heterocycles. The molecule has 0 saturated carbocycles. The summed E-state index contributed by atoms with van der Waals surface area (Å²) in [6.45, 7) is -3.27. The summed E-state index contributed by atoms with van der Waals surface area (Å²) in [6, 6.07) is -3.56. The van der Waals surface area contributed by atoms with E-state index in [1.807, 2.05) is 0 Å². The first-order valence-corrected chi connectivity index (χ1v) is 29.8. The highest BCUT2D eigenvalue weighted by Gasteiger charge is 2.60. The van der Waals surface area contributed by atoms with Gasteiger partial charge in [0.15, 0.2) is 50.3 Å². The summed E-state index contributed by atoms with van der Waals surface area (Å²) in [6.07, 6.45) is -70.2. The molecular weight excluding hydrogens is 1280 g/mol. The molecule has 0 radical (unpaired) electrons. The molecule has 0 aliphatic carbocycles. The first-order chi connectivity index (χ1) is 44.1. The van der Waals surface area contributed by atoms with Crippen LogP contribution in [-0.2, 0) is 85.4 Å². The molecular formula is C52H88N2O39. The molecule has 23 N–H and O–H groups in total. The van der Waals surface area contributed by atoms with Gasteiger partial charge in [-0.25, -0.2) is 0 Å². The fraction of sp³-hybridized carbons (Fsp3) is 0.962. The van der Waals surface area contributed by atoms with E-state index in [9.17, 15) is 117 Å². The second-order valence-electron chi connectivity index (χ2n) is 23.6. The van der Waals surface area contributed by atoms with Crippen molar-refractivity contribution in [3.8, 4) is 0 Å². The Balaban J connectivity index is 0.999. The van der Waals surface area contributed by atoms with Crippen LogP contribution in [0.5, 0.6) is 0 Å². The van der Waals surface area contributed by atoms with E-state index in [-0.39, 0.29) is 0 Å². The van der Waals surface area contributed by atoms with Gasteiger partial charge in [0.25, 0.3) is 0 Å². The van der Waals surface area contributed by atoms with E-state index in [0.717, 1.165) is 13.8 Å². The average molecular weight is 1370 g/mol. The molecule has 8 aliphatic heterocycles. The summed E-state index contributed by atoms with van der Waals surface area (Å²) in [7, 11) is 1.17. The Morgan fingerprint density at radius 3 is 1.27 bits per heavy atom. The minimum absolute atomic E-state index is 0.756. The quantitative estimate of drug-likeness (QED) is 0.0452. The number of hydrogen-bond donors (Lipinski definition) is 23. The minimum Gasteiger partial charge on any atom is -0.394 e. The number of nitrogens with one attached hydrogen (secondary N) is 2. The maximum Gasteiger partial charge on any atom is 0.217 e. The number of rotatable bonds is 23. The predicted octanol–water partition coefficient (Wildman–Crippen LogP) is -15.8. The molecule has 0 unspecified atom stereocenters. The highest BCUT2D eigenvalue weighted by Crippen LogP contribution is 2.39. The van der Waals surface area contributed by atoms with Gasteiger partial charge in [-0.1, -0.05) is 0 Å². The van der Waals surface area contributed by atoms with Gasteiger partial charge in [-0.2, -0.15) is 0 Å². The first-order valence-electron chi connectivity index (χ1n) is 29.8. The molecule has 8 aliphatic rings. The molecule has 0 spiro atoms. The van der Waals surface area contributed by atoms with Crippen LogP contribution in [0.1, 0.15) is 20.8 Å². The van der Waals surface area contributed by atoms with Gasteiger partial charge < -0.3 is 194 Å². The topological polar surface area (TPSA) is 631 Å². The summed E-state index contributed by atoms with van der Waals surface area (Å²) in [5, 5.41) is 234. The largest absolute Gasteiger partial charge is 0.394 e. The van der Waals surface area contributed by atoms with E-state index in [2.05, 4.69) is 10.6 Å². The predicted molar refractivity (Wildman–Crippen MR) is 285 cm³/mol. The molecule has 540 valence electrons. The van der Waals surface area contributed by atoms with Crippen molar-refractivity contribution in [1.82, 2.24) is 10.6 Å². The summed E-state index contributed by atoms with van der Waals surface area (Å²) < 4.78 is 92.5. The summed E-state index contributed by atoms with van der Waals surface area (Å²) in [5.41, 5.74) is 0. The first kappa shape index (κ1) is 76.2. The molecule has 0 aromatic carbocycles. The molecule has 41 nitrogen and oxygen atoms in total. The minimum atomic E-state index is -2.24. The molecule has 0 aromatic rings. The fourth-order valence-corrected chi connectivity index (χ4v) is 12.2. The molecule has 93 heavy (non-hydrogen) atoms. The van der Waals surface area contributed by atoms with E-state index >= 15 is 0 Å². The van der Waals surface area contributed by atoms with Crippen molar-refractivity contribution >= 4 is 11.8 Å². The molecule has 8 saturated heterocycles. The molecule has 8 rings (SSSR count). The van der Waals surface area contributed by atoms with Gasteiger partial charge in [-0.3, -0.25) is 9.59 Å². The molecule has 0 aromatic heterocycles. The highest BCUT2D eigenvalue weighted by molar-refractivity contribution is 5.73. The SMILES string of the molecule is CO[C@@H]1[C@H](O)[C@@H](O)[C@H](O[C@H]2[C@@H](O)[C@@H](CO)O[C@@H](O[C@H]3[C@H](O)[C@H](O[C@H]4[C@H](O)[C@@H](NC(C)=O)[C@H](O[C@@H]5[C@@H](O[C@@H]6[C@@H](O)[C@@H](O[C@@H]7[C@H](O[C@H]8[C@H](O)[C@@H](O)[C@H](O)O[C@@H]8CO)O[C@H](CO)[C@@H](O)[C@@H]7O)OC[C@H]6O)O[C@H](CO)[C@@H](O)[C@@H]5O)O[C@@H]4CO)O[C@@H](C)[C@H]3O)[C@@H]2NC(C)=O)O[C@@H]1CO. The number of methoxy groups -OCH3 is 1. The normalized spacial score (nSPS) is 50.8. The van der Waals surface area contributed by atoms with Gasteiger partial charge in [0.1, 0.15) is 183 Å². The zero-order valence-electron chi connectivity index (χ0n) is 50.2. The smallest absolute Gasteiger partial charge is 0.217 e. The van der Waals surface area contributed by atoms with Gasteiger partial charge in [-0.15, -0.1) is 0 Å². The van der Waals surface area contributed by atoms with Gasteiger partial charge in [0, 0.05) is 21.0 Å². The van der Waals surface area contributed by atoms with Gasteiger partial charge in [0.05, 0.1) is 52.4 Å². The third-order valence-corrected chi connectivity index (χ3v) is 17.3. The summed E-state index contributed by atoms with van der Waals surface area (Å²) >= 11 is 0. The number of amides is 2. The Kier molecular flexibility index (Phi) is 27.1. The number of aliphatic hydroxyl groups excluding tert-OH is 21. The van der Waals surface area contributed by atoms with Gasteiger partial charge in [0.2, 0.25) is 11.8 Å². The van der Waals surface area contributed by atoms with E-state index in [1.54, 1.807) is 0 Å². The second kappa shape index (κ2) is 33.1. The number of carbonyl (C=O) groups is 2. The highest BCUT2D eigenvalue weighted by atomic mass is 16.8. The Labute approximate surface area is 527 Å². The molecule has 2 amide bonds. The lowest BCUT2D eigenvalue weighted by Gasteiger charge is -2.51. The van der Waals surface area contributed by atoms with E-state index < -0.39 is 297 Å². The van der Waals surface area contributed by atoms with Crippen LogP contribution < -0.4 is 10.6 Å². The Morgan fingerprint density at radius 1 is 0.344 bits per heavy atom. The standard InChI is InChI=1S/C52H88N2O39/c1-12-24(64)42(91-47-23(54-14(3)62)41(27(67)18(7-57)82-47)90-49-34(74)32(72)38(78-4)19(8-58)86-49)36(76)50(80-12)88-39-21(10-60)85-46(22(28(39)68)53-13(2)61)92-43-29(69)25(65)16(5-55)83-51(43)87-37-15(63)11-79-48(35(37)75)93-44-30(70)26(66)17(6-56)84-52(44)89-40-20(9-59)81-45(77)33(73)31(40)71/h12,15-52,55-60,63-77H,5-11H2,1-4H3,(H,53,61)(H,54,62)/t12-,15+,16+,17+,18+,19+,20+,21+,22+,23+,24+,25+,26+,27-,28+,29-,30-,31+,32+,33+,34+,35+,36-,37-,38-,39+,40+,41+,42+,43-,44-,45+,46-,47-,48+,49-,50-,51+,52-/m0/s1. The maximum absolute atomic E-state index is 12.9. The molecule has 8 fully saturated rings. The van der Waals surface area contributed by atoms with Crippen LogP contribution >= 0.6 is 0 Å². The van der Waals surface area contributed by atoms with Crippen molar-refractivity contribution in [3.05, 3.63) is 0 Å². The zero-order chi connectivity index (χ0) is 68.3. The van der Waals surface area contributed by atoms with E-state index in [1.165, 1.54) is 14.0 Å². The summed E-state index contributed by atoms with van der Waals surface area (Å²) in [5.74, 6) is -1.72. The number of carbonyl (C=O) groups excluding carboxylic acids is 2. The Morgan fingerprint density at radius 2 is 0.720 bits per heavy atom. The lowest BCUT2D eigenvalue weighted by atomic mass is 9.94. The van der Waals surface area contributed by atoms with Gasteiger partial charge in [-0.05, 0) is 6.92 Å². The Bertz CT molecular complexity index is 2330. The molecule has 41 heteroatoms. The van der Waals surface area contributed by atoms with Gasteiger partial charge >= 0.3 is 0 Å². The van der Waals surface area contributed by atoms with E-state index in [0.29, 0.717) is 0 Å². The monoisotopic (exact) mass is 1360 g/mol. The van der Waals surface area contributed by atoms with Crippen LogP contribution in [0.15, 0.2) is 0 Å². The maximum atomic E-state index is 12.9. The fourth-order valence-electron chi connectivity index (χ4n) is 12.2. The average Bonchev–Trinajstić information content (AvgIpc) is 0.782. The van der Waals surface area contributed by atoms with Crippen LogP contribution in [0.2, 0.25) is 0 Å². The third-order valence-electron chi connectivity index (χ3n) is 17.3. The van der Waals surface area contributed by atoms with Crippen molar-refractivity contribution in [1.29, 1.82) is 0 Å². The lowest BCUT2D eigenvalue weighted by molar-refractivity contribution is -0.398. The van der Waals surface area contributed by atoms with Crippen molar-refractivity contribution in [2.75, 3.05) is 53.4 Å². The van der Waals surface area contributed by atoms with Crippen molar-refractivity contribution in [2.24, 2.45) is 0 Å². The number of ether oxygens (including phenoxy) is 16. The van der Waals surface area contributed by atoms with Crippen LogP contribution in [0.4, 0.5) is 0 Å².